The molecule has 2 atom stereocenters. The zero-order chi connectivity index (χ0) is 19.8. The van der Waals surface area contributed by atoms with Crippen LogP contribution >= 0.6 is 0 Å². The molecule has 3 aliphatic heterocycles. The second-order valence-electron chi connectivity index (χ2n) is 8.79. The average Bonchev–Trinajstić information content (AvgIpc) is 2.95. The molecule has 156 valence electrons. The Labute approximate surface area is 171 Å². The molecule has 0 saturated carbocycles. The van der Waals surface area contributed by atoms with Crippen LogP contribution in [0, 0.1) is 12.8 Å². The molecule has 2 bridgehead atoms. The number of piperidine rings is 1. The molecule has 0 aromatic carbocycles. The maximum Gasteiger partial charge on any atom is 0.255 e. The summed E-state index contributed by atoms with van der Waals surface area (Å²) in [4.78, 5) is 22.5. The predicted octanol–water partition coefficient (Wildman–Crippen LogP) is 1.99. The Balaban J connectivity index is 1.33. The normalized spacial score (nSPS) is 25.6. The highest BCUT2D eigenvalue weighted by Crippen LogP contribution is 2.35. The van der Waals surface area contributed by atoms with Gasteiger partial charge in [-0.2, -0.15) is 0 Å². The summed E-state index contributed by atoms with van der Waals surface area (Å²) in [6, 6.07) is 4.27. The minimum Gasteiger partial charge on any atom is -0.449 e. The first-order chi connectivity index (χ1) is 14.2. The van der Waals surface area contributed by atoms with Crippen LogP contribution in [0.1, 0.15) is 41.6 Å². The number of ether oxygens (including phenoxy) is 1. The van der Waals surface area contributed by atoms with E-state index in [9.17, 15) is 4.79 Å². The number of fused-ring (bicyclic) bond motifs is 4. The smallest absolute Gasteiger partial charge is 0.255 e. The molecule has 7 heteroatoms. The van der Waals surface area contributed by atoms with E-state index in [1.807, 2.05) is 6.92 Å². The molecule has 0 spiro atoms. The number of oxazole rings is 1. The molecule has 0 amide bonds. The van der Waals surface area contributed by atoms with Gasteiger partial charge in [-0.15, -0.1) is 0 Å². The molecule has 2 aromatic rings. The minimum atomic E-state index is 0.211. The minimum absolute atomic E-state index is 0.211. The average molecular weight is 399 g/mol. The topological polar surface area (TPSA) is 63.7 Å². The van der Waals surface area contributed by atoms with Crippen molar-refractivity contribution >= 4 is 0 Å². The van der Waals surface area contributed by atoms with Crippen LogP contribution in [0.5, 0.6) is 0 Å². The Hall–Kier alpha value is -1.96. The van der Waals surface area contributed by atoms with Gasteiger partial charge >= 0.3 is 0 Å². The number of hydrogen-bond donors (Lipinski definition) is 0. The number of aromatic nitrogens is 2. The summed E-state index contributed by atoms with van der Waals surface area (Å²) < 4.78 is 13.0. The number of likely N-dealkylation sites (tertiary alicyclic amines) is 1. The molecule has 0 aliphatic carbocycles. The molecular weight excluding hydrogens is 368 g/mol. The SMILES string of the molecule is Cc1nc(CN2C[C@@H]3C[C@H](C2)c2ccc(CN4CCCOCC4)c(=O)n2C3)co1. The van der Waals surface area contributed by atoms with Crippen molar-refractivity contribution in [3.8, 4) is 0 Å². The molecule has 29 heavy (non-hydrogen) atoms. The van der Waals surface area contributed by atoms with Crippen LogP contribution in [0.25, 0.3) is 0 Å². The van der Waals surface area contributed by atoms with E-state index >= 15 is 0 Å². The molecular formula is C22H30N4O3. The van der Waals surface area contributed by atoms with Gasteiger partial charge < -0.3 is 13.7 Å². The lowest BCUT2D eigenvalue weighted by atomic mass is 9.83. The third-order valence-corrected chi connectivity index (χ3v) is 6.52. The molecule has 5 rings (SSSR count). The van der Waals surface area contributed by atoms with Crippen molar-refractivity contribution in [2.75, 3.05) is 39.4 Å². The van der Waals surface area contributed by atoms with Crippen LogP contribution in [0.2, 0.25) is 0 Å². The second-order valence-corrected chi connectivity index (χ2v) is 8.79. The van der Waals surface area contributed by atoms with Crippen molar-refractivity contribution in [2.24, 2.45) is 5.92 Å². The van der Waals surface area contributed by atoms with Gasteiger partial charge in [0.05, 0.1) is 12.3 Å². The Morgan fingerprint density at radius 3 is 2.90 bits per heavy atom. The van der Waals surface area contributed by atoms with Gasteiger partial charge in [0.2, 0.25) is 0 Å². The molecule has 0 radical (unpaired) electrons. The van der Waals surface area contributed by atoms with E-state index in [4.69, 9.17) is 9.15 Å². The van der Waals surface area contributed by atoms with Gasteiger partial charge in [-0.3, -0.25) is 14.6 Å². The predicted molar refractivity (Wildman–Crippen MR) is 109 cm³/mol. The summed E-state index contributed by atoms with van der Waals surface area (Å²) in [5.74, 6) is 1.66. The molecule has 5 heterocycles. The highest BCUT2D eigenvalue weighted by Gasteiger charge is 2.35. The van der Waals surface area contributed by atoms with Crippen LogP contribution in [0.4, 0.5) is 0 Å². The zero-order valence-corrected chi connectivity index (χ0v) is 17.2. The second kappa shape index (κ2) is 8.05. The lowest BCUT2D eigenvalue weighted by Crippen LogP contribution is -2.47. The van der Waals surface area contributed by atoms with Crippen LogP contribution in [-0.2, 0) is 24.4 Å². The molecule has 2 fully saturated rings. The summed E-state index contributed by atoms with van der Waals surface area (Å²) in [5, 5.41) is 0. The van der Waals surface area contributed by atoms with E-state index < -0.39 is 0 Å². The van der Waals surface area contributed by atoms with Crippen LogP contribution in [0.15, 0.2) is 27.6 Å². The summed E-state index contributed by atoms with van der Waals surface area (Å²) in [5.41, 5.74) is 3.33. The van der Waals surface area contributed by atoms with Crippen molar-refractivity contribution in [3.63, 3.8) is 0 Å². The van der Waals surface area contributed by atoms with E-state index in [-0.39, 0.29) is 5.56 Å². The van der Waals surface area contributed by atoms with Crippen LogP contribution in [0.3, 0.4) is 0 Å². The fourth-order valence-corrected chi connectivity index (χ4v) is 5.25. The van der Waals surface area contributed by atoms with E-state index in [0.29, 0.717) is 11.8 Å². The quantitative estimate of drug-likeness (QED) is 0.785. The van der Waals surface area contributed by atoms with Crippen LogP contribution < -0.4 is 5.56 Å². The number of rotatable bonds is 4. The molecule has 2 saturated heterocycles. The molecule has 2 aromatic heterocycles. The van der Waals surface area contributed by atoms with Gasteiger partial charge in [-0.25, -0.2) is 4.98 Å². The Bertz CT molecular complexity index is 913. The third-order valence-electron chi connectivity index (χ3n) is 6.52. The lowest BCUT2D eigenvalue weighted by Gasteiger charge is -2.42. The summed E-state index contributed by atoms with van der Waals surface area (Å²) in [6.07, 6.45) is 3.98. The van der Waals surface area contributed by atoms with E-state index in [0.717, 1.165) is 82.6 Å². The molecule has 0 N–H and O–H groups in total. The Kier molecular flexibility index (Phi) is 5.28. The van der Waals surface area contributed by atoms with Crippen molar-refractivity contribution in [1.82, 2.24) is 19.4 Å². The zero-order valence-electron chi connectivity index (χ0n) is 17.2. The van der Waals surface area contributed by atoms with Crippen molar-refractivity contribution in [2.45, 2.75) is 45.3 Å². The number of nitrogens with zero attached hydrogens (tertiary/aromatic N) is 4. The van der Waals surface area contributed by atoms with E-state index in [2.05, 4.69) is 31.5 Å². The van der Waals surface area contributed by atoms with Gasteiger partial charge in [0.15, 0.2) is 5.89 Å². The van der Waals surface area contributed by atoms with Gasteiger partial charge in [0, 0.05) is 76.5 Å². The van der Waals surface area contributed by atoms with Gasteiger partial charge in [-0.1, -0.05) is 6.07 Å². The number of hydrogen-bond acceptors (Lipinski definition) is 6. The number of pyridine rings is 1. The maximum atomic E-state index is 13.2. The first-order valence-corrected chi connectivity index (χ1v) is 10.8. The van der Waals surface area contributed by atoms with E-state index in [1.165, 1.54) is 12.1 Å². The maximum absolute atomic E-state index is 13.2. The van der Waals surface area contributed by atoms with E-state index in [1.54, 1.807) is 6.26 Å². The fraction of sp³-hybridized carbons (Fsp3) is 0.636. The highest BCUT2D eigenvalue weighted by molar-refractivity contribution is 5.22. The van der Waals surface area contributed by atoms with Gasteiger partial charge in [0.25, 0.3) is 5.56 Å². The summed E-state index contributed by atoms with van der Waals surface area (Å²) in [7, 11) is 0. The Morgan fingerprint density at radius 1 is 1.10 bits per heavy atom. The van der Waals surface area contributed by atoms with Crippen molar-refractivity contribution in [1.29, 1.82) is 0 Å². The summed E-state index contributed by atoms with van der Waals surface area (Å²) in [6.45, 7) is 9.76. The standard InChI is InChI=1S/C22H30N4O3/c1-16-23-20(15-29-16)14-25-10-17-9-19(13-25)21-4-3-18(22(27)26(21)11-17)12-24-5-2-7-28-8-6-24/h3-4,15,17,19H,2,5-14H2,1H3/t17-,19+/m0/s1. The molecule has 3 aliphatic rings. The molecule has 0 unspecified atom stereocenters. The van der Waals surface area contributed by atoms with Gasteiger partial charge in [0.1, 0.15) is 6.26 Å². The summed E-state index contributed by atoms with van der Waals surface area (Å²) >= 11 is 0. The Morgan fingerprint density at radius 2 is 2.03 bits per heavy atom. The van der Waals surface area contributed by atoms with Gasteiger partial charge in [-0.05, 0) is 24.8 Å². The largest absolute Gasteiger partial charge is 0.449 e. The number of aryl methyl sites for hydroxylation is 1. The highest BCUT2D eigenvalue weighted by atomic mass is 16.5. The lowest BCUT2D eigenvalue weighted by molar-refractivity contribution is 0.113. The third kappa shape index (κ3) is 4.04. The monoisotopic (exact) mass is 398 g/mol. The van der Waals surface area contributed by atoms with Crippen LogP contribution in [-0.4, -0.2) is 58.7 Å². The van der Waals surface area contributed by atoms with Crippen molar-refractivity contribution < 1.29 is 9.15 Å². The van der Waals surface area contributed by atoms with Crippen molar-refractivity contribution in [3.05, 3.63) is 51.6 Å². The molecule has 7 nitrogen and oxygen atoms in total. The first kappa shape index (κ1) is 19.0. The first-order valence-electron chi connectivity index (χ1n) is 10.8. The fourth-order valence-electron chi connectivity index (χ4n) is 5.25.